The van der Waals surface area contributed by atoms with Gasteiger partial charge in [0.2, 0.25) is 5.91 Å². The van der Waals surface area contributed by atoms with E-state index in [1.165, 1.54) is 6.08 Å². The molecule has 11 nitrogen and oxygen atoms in total. The number of ether oxygens (including phenoxy) is 1. The minimum Gasteiger partial charge on any atom is -0.462 e. The number of aromatic nitrogens is 5. The number of rotatable bonds is 10. The van der Waals surface area contributed by atoms with Crippen molar-refractivity contribution < 1.29 is 9.53 Å². The second-order valence-corrected chi connectivity index (χ2v) is 14.1. The highest BCUT2D eigenvalue weighted by Gasteiger charge is 2.34. The Hall–Kier alpha value is -4.35. The average molecular weight is 687 g/mol. The maximum atomic E-state index is 14.6. The first kappa shape index (κ1) is 35.9. The molecular formula is C37H47ClN8O3. The molecule has 4 heterocycles. The van der Waals surface area contributed by atoms with Crippen molar-refractivity contribution in [3.63, 3.8) is 0 Å². The molecule has 2 atom stereocenters. The Morgan fingerprint density at radius 3 is 2.29 bits per heavy atom. The van der Waals surface area contributed by atoms with Crippen molar-refractivity contribution in [3.8, 4) is 23.0 Å². The van der Waals surface area contributed by atoms with Crippen LogP contribution < -0.4 is 15.3 Å². The fraction of sp³-hybridized carbons (Fsp3) is 0.459. The molecule has 0 aliphatic carbocycles. The van der Waals surface area contributed by atoms with Gasteiger partial charge in [0.15, 0.2) is 5.65 Å². The lowest BCUT2D eigenvalue weighted by molar-refractivity contribution is -0.128. The standard InChI is InChI=1S/C37H47ClN8O3/c1-11-29(47)44-19-25(8)45(20-24(44)7)34-27-18-28(38)32(26-15-13-12-14-23(26)6)39-35(27)46(37(48)42-34)33-30(21(2)3)40-36(41-31(33)22(4)5)49-17-16-43(9)10/h11-15,18,21-22,24-25H,1,16-17,19-20H2,2-10H3/t24-,25+/m1/s1. The van der Waals surface area contributed by atoms with Crippen LogP contribution in [0.3, 0.4) is 0 Å². The van der Waals surface area contributed by atoms with Gasteiger partial charge in [0.25, 0.3) is 0 Å². The third kappa shape index (κ3) is 7.19. The molecule has 260 valence electrons. The molecule has 1 saturated heterocycles. The van der Waals surface area contributed by atoms with Crippen LogP contribution in [0, 0.1) is 6.92 Å². The van der Waals surface area contributed by atoms with Crippen molar-refractivity contribution >= 4 is 34.4 Å². The number of piperazine rings is 1. The molecule has 3 aromatic heterocycles. The zero-order valence-corrected chi connectivity index (χ0v) is 30.7. The van der Waals surface area contributed by atoms with Crippen LogP contribution in [0.5, 0.6) is 6.01 Å². The van der Waals surface area contributed by atoms with E-state index in [4.69, 9.17) is 36.3 Å². The van der Waals surface area contributed by atoms with Crippen LogP contribution in [0.4, 0.5) is 5.82 Å². The van der Waals surface area contributed by atoms with Gasteiger partial charge in [-0.05, 0) is 64.4 Å². The molecule has 0 spiro atoms. The Labute approximate surface area is 293 Å². The molecule has 12 heteroatoms. The lowest BCUT2D eigenvalue weighted by atomic mass is 10.0. The lowest BCUT2D eigenvalue weighted by Crippen LogP contribution is -2.58. The van der Waals surface area contributed by atoms with E-state index in [0.29, 0.717) is 70.9 Å². The highest BCUT2D eigenvalue weighted by molar-refractivity contribution is 6.34. The van der Waals surface area contributed by atoms with Crippen LogP contribution in [0.15, 0.2) is 47.8 Å². The molecule has 0 bridgehead atoms. The highest BCUT2D eigenvalue weighted by Crippen LogP contribution is 2.38. The fourth-order valence-corrected chi connectivity index (χ4v) is 6.54. The molecule has 0 saturated carbocycles. The number of amides is 1. The molecule has 1 aliphatic rings. The van der Waals surface area contributed by atoms with Gasteiger partial charge < -0.3 is 19.4 Å². The zero-order valence-electron chi connectivity index (χ0n) is 30.0. The van der Waals surface area contributed by atoms with E-state index in [2.05, 4.69) is 11.5 Å². The third-order valence-corrected chi connectivity index (χ3v) is 9.21. The molecule has 1 aliphatic heterocycles. The summed E-state index contributed by atoms with van der Waals surface area (Å²) in [5, 5.41) is 1.05. The van der Waals surface area contributed by atoms with Gasteiger partial charge in [0, 0.05) is 37.3 Å². The van der Waals surface area contributed by atoms with Crippen LogP contribution in [0.25, 0.3) is 28.0 Å². The summed E-state index contributed by atoms with van der Waals surface area (Å²) in [6.45, 7) is 19.8. The number of pyridine rings is 1. The Morgan fingerprint density at radius 1 is 1.04 bits per heavy atom. The Balaban J connectivity index is 1.82. The van der Waals surface area contributed by atoms with Crippen LogP contribution >= 0.6 is 11.6 Å². The first-order valence-electron chi connectivity index (χ1n) is 16.8. The predicted octanol–water partition coefficient (Wildman–Crippen LogP) is 6.00. The van der Waals surface area contributed by atoms with Gasteiger partial charge in [-0.15, -0.1) is 0 Å². The second kappa shape index (κ2) is 14.6. The third-order valence-electron chi connectivity index (χ3n) is 8.92. The first-order valence-corrected chi connectivity index (χ1v) is 17.2. The topological polar surface area (TPSA) is 110 Å². The van der Waals surface area contributed by atoms with Gasteiger partial charge in [0.05, 0.1) is 33.2 Å². The summed E-state index contributed by atoms with van der Waals surface area (Å²) in [6, 6.07) is 9.71. The monoisotopic (exact) mass is 686 g/mol. The number of hydrogen-bond donors (Lipinski definition) is 0. The summed E-state index contributed by atoms with van der Waals surface area (Å²) in [4.78, 5) is 52.8. The largest absolute Gasteiger partial charge is 0.462 e. The molecule has 5 rings (SSSR count). The molecule has 0 unspecified atom stereocenters. The number of aryl methyl sites for hydroxylation is 1. The van der Waals surface area contributed by atoms with E-state index in [0.717, 1.165) is 11.1 Å². The zero-order chi connectivity index (χ0) is 35.7. The van der Waals surface area contributed by atoms with Crippen LogP contribution in [0.2, 0.25) is 5.02 Å². The van der Waals surface area contributed by atoms with E-state index in [9.17, 15) is 9.59 Å². The maximum absolute atomic E-state index is 14.6. The van der Waals surface area contributed by atoms with E-state index < -0.39 is 5.69 Å². The van der Waals surface area contributed by atoms with Crippen molar-refractivity contribution in [2.75, 3.05) is 45.2 Å². The second-order valence-electron chi connectivity index (χ2n) is 13.7. The first-order chi connectivity index (χ1) is 23.2. The summed E-state index contributed by atoms with van der Waals surface area (Å²) in [7, 11) is 3.96. The Morgan fingerprint density at radius 2 is 1.69 bits per heavy atom. The SMILES string of the molecule is C=CC(=O)N1C[C@H](C)N(c2nc(=O)n(-c3c(C(C)C)nc(OCCN(C)C)nc3C(C)C)c3nc(-c4ccccc4C)c(Cl)cc23)C[C@H]1C. The normalized spacial score (nSPS) is 16.7. The number of anilines is 1. The number of fused-ring (bicyclic) bond motifs is 1. The number of nitrogens with zero attached hydrogens (tertiary/aromatic N) is 8. The van der Waals surface area contributed by atoms with Crippen LogP contribution in [-0.4, -0.2) is 92.6 Å². The van der Waals surface area contributed by atoms with Gasteiger partial charge in [-0.3, -0.25) is 4.79 Å². The number of carbonyl (C=O) groups excluding carboxylic acids is 1. The number of hydrogen-bond acceptors (Lipinski definition) is 9. The van der Waals surface area contributed by atoms with Gasteiger partial charge in [-0.1, -0.05) is 70.1 Å². The van der Waals surface area contributed by atoms with Crippen LogP contribution in [-0.2, 0) is 4.79 Å². The van der Waals surface area contributed by atoms with Crippen molar-refractivity contribution in [2.24, 2.45) is 0 Å². The van der Waals surface area contributed by atoms with Gasteiger partial charge >= 0.3 is 11.7 Å². The molecular weight excluding hydrogens is 640 g/mol. The highest BCUT2D eigenvalue weighted by atomic mass is 35.5. The summed E-state index contributed by atoms with van der Waals surface area (Å²) >= 11 is 7.06. The van der Waals surface area contributed by atoms with Crippen molar-refractivity contribution in [1.82, 2.24) is 34.3 Å². The molecule has 1 fully saturated rings. The molecule has 4 aromatic rings. The molecule has 1 aromatic carbocycles. The fourth-order valence-electron chi connectivity index (χ4n) is 6.29. The number of carbonyl (C=O) groups is 1. The average Bonchev–Trinajstić information content (AvgIpc) is 3.05. The smallest absolute Gasteiger partial charge is 0.355 e. The van der Waals surface area contributed by atoms with E-state index in [1.54, 1.807) is 9.47 Å². The summed E-state index contributed by atoms with van der Waals surface area (Å²) in [6.07, 6.45) is 1.34. The van der Waals surface area contributed by atoms with Crippen molar-refractivity contribution in [1.29, 1.82) is 0 Å². The van der Waals surface area contributed by atoms with Gasteiger partial charge in [-0.2, -0.15) is 15.0 Å². The van der Waals surface area contributed by atoms with Crippen molar-refractivity contribution in [2.45, 2.75) is 72.4 Å². The van der Waals surface area contributed by atoms with E-state index in [-0.39, 0.29) is 35.8 Å². The van der Waals surface area contributed by atoms with E-state index >= 15 is 0 Å². The number of halogens is 1. The van der Waals surface area contributed by atoms with Crippen molar-refractivity contribution in [3.05, 3.63) is 75.4 Å². The summed E-state index contributed by atoms with van der Waals surface area (Å²) in [5.74, 6) is 0.158. The molecule has 49 heavy (non-hydrogen) atoms. The summed E-state index contributed by atoms with van der Waals surface area (Å²) < 4.78 is 7.58. The number of benzene rings is 1. The van der Waals surface area contributed by atoms with Crippen LogP contribution in [0.1, 0.15) is 70.3 Å². The minimum atomic E-state index is -0.508. The molecule has 0 N–H and O–H groups in total. The van der Waals surface area contributed by atoms with Gasteiger partial charge in [-0.25, -0.2) is 14.3 Å². The minimum absolute atomic E-state index is 0.0900. The molecule has 1 amide bonds. The maximum Gasteiger partial charge on any atom is 0.355 e. The van der Waals surface area contributed by atoms with Gasteiger partial charge in [0.1, 0.15) is 12.4 Å². The quantitative estimate of drug-likeness (QED) is 0.186. The Kier molecular flexibility index (Phi) is 10.7. The number of likely N-dealkylation sites (N-methyl/N-ethyl adjacent to an activating group) is 1. The lowest BCUT2D eigenvalue weighted by Gasteiger charge is -2.44. The molecule has 0 radical (unpaired) electrons. The Bertz CT molecular complexity index is 1910. The van der Waals surface area contributed by atoms with E-state index in [1.807, 2.05) is 97.8 Å². The summed E-state index contributed by atoms with van der Waals surface area (Å²) in [5.41, 5.74) is 4.17. The predicted molar refractivity (Wildman–Crippen MR) is 196 cm³/mol.